The predicted molar refractivity (Wildman–Crippen MR) is 47.8 cm³/mol. The lowest BCUT2D eigenvalue weighted by Gasteiger charge is -2.19. The molecule has 0 radical (unpaired) electrons. The molecule has 0 fully saturated rings. The van der Waals surface area contributed by atoms with Gasteiger partial charge in [-0.2, -0.15) is 0 Å². The molecular weight excluding hydrogens is 150 g/mol. The second-order valence-electron chi connectivity index (χ2n) is 2.68. The Morgan fingerprint density at radius 1 is 1.33 bits per heavy atom. The summed E-state index contributed by atoms with van der Waals surface area (Å²) in [5, 5.41) is 9.59. The number of hydrogen-bond donors (Lipinski definition) is 0. The Hall–Kier alpha value is -1.64. The maximum absolute atomic E-state index is 4.01. The predicted octanol–water partition coefficient (Wildman–Crippen LogP) is 2.60. The van der Waals surface area contributed by atoms with Crippen LogP contribution in [0.25, 0.3) is 5.70 Å². The van der Waals surface area contributed by atoms with E-state index in [2.05, 4.69) is 16.9 Å². The smallest absolute Gasteiger partial charge is 0.0967 e. The van der Waals surface area contributed by atoms with Crippen molar-refractivity contribution in [1.29, 1.82) is 0 Å². The molecule has 0 N–H and O–H groups in total. The molecule has 0 amide bonds. The summed E-state index contributed by atoms with van der Waals surface area (Å²) in [5.74, 6) is 0. The lowest BCUT2D eigenvalue weighted by atomic mass is 10.1. The summed E-state index contributed by atoms with van der Waals surface area (Å²) in [7, 11) is 1.84. The van der Waals surface area contributed by atoms with Crippen molar-refractivity contribution in [3.8, 4) is 0 Å². The van der Waals surface area contributed by atoms with E-state index in [4.69, 9.17) is 0 Å². The van der Waals surface area contributed by atoms with Gasteiger partial charge in [0.1, 0.15) is 0 Å². The standard InChI is InChI=1S/C9H9N3/c1-7-8-5-3-4-6-9(8)10-11-12(7)2/h3-6H,1H2,2H3. The molecule has 0 aliphatic carbocycles. The van der Waals surface area contributed by atoms with Crippen molar-refractivity contribution in [1.82, 2.24) is 5.01 Å². The highest BCUT2D eigenvalue weighted by molar-refractivity contribution is 5.72. The third-order valence-electron chi connectivity index (χ3n) is 1.89. The van der Waals surface area contributed by atoms with E-state index in [1.165, 1.54) is 0 Å². The molecule has 0 saturated heterocycles. The summed E-state index contributed by atoms with van der Waals surface area (Å²) >= 11 is 0. The van der Waals surface area contributed by atoms with Gasteiger partial charge in [0.2, 0.25) is 0 Å². The van der Waals surface area contributed by atoms with Gasteiger partial charge in [-0.15, -0.1) is 5.11 Å². The summed E-state index contributed by atoms with van der Waals surface area (Å²) in [6, 6.07) is 7.83. The molecule has 60 valence electrons. The molecule has 12 heavy (non-hydrogen) atoms. The van der Waals surface area contributed by atoms with Crippen molar-refractivity contribution in [2.75, 3.05) is 7.05 Å². The van der Waals surface area contributed by atoms with E-state index in [0.717, 1.165) is 16.9 Å². The number of nitrogens with zero attached hydrogens (tertiary/aromatic N) is 3. The van der Waals surface area contributed by atoms with Gasteiger partial charge >= 0.3 is 0 Å². The topological polar surface area (TPSA) is 28.0 Å². The van der Waals surface area contributed by atoms with Gasteiger partial charge in [0.15, 0.2) is 0 Å². The first-order valence-corrected chi connectivity index (χ1v) is 3.73. The summed E-state index contributed by atoms with van der Waals surface area (Å²) in [4.78, 5) is 0. The molecule has 3 heteroatoms. The maximum atomic E-state index is 4.01. The highest BCUT2D eigenvalue weighted by Crippen LogP contribution is 2.31. The fourth-order valence-corrected chi connectivity index (χ4v) is 1.15. The van der Waals surface area contributed by atoms with Crippen molar-refractivity contribution < 1.29 is 0 Å². The highest BCUT2D eigenvalue weighted by atomic mass is 15.5. The average molecular weight is 159 g/mol. The van der Waals surface area contributed by atoms with Crippen molar-refractivity contribution in [3.63, 3.8) is 0 Å². The van der Waals surface area contributed by atoms with E-state index in [1.54, 1.807) is 5.01 Å². The molecule has 1 aliphatic rings. The van der Waals surface area contributed by atoms with Gasteiger partial charge in [0.05, 0.1) is 11.4 Å². The Morgan fingerprint density at radius 3 is 2.92 bits per heavy atom. The zero-order valence-corrected chi connectivity index (χ0v) is 6.86. The summed E-state index contributed by atoms with van der Waals surface area (Å²) in [6.45, 7) is 3.91. The zero-order chi connectivity index (χ0) is 8.55. The summed E-state index contributed by atoms with van der Waals surface area (Å²) in [5.41, 5.74) is 2.83. The minimum Gasteiger partial charge on any atom is -0.250 e. The first kappa shape index (κ1) is 7.03. The monoisotopic (exact) mass is 159 g/mol. The Bertz CT molecular complexity index is 355. The molecule has 0 aromatic heterocycles. The largest absolute Gasteiger partial charge is 0.250 e. The third kappa shape index (κ3) is 0.906. The maximum Gasteiger partial charge on any atom is 0.0967 e. The minimum atomic E-state index is 0.889. The molecule has 0 unspecified atom stereocenters. The first-order chi connectivity index (χ1) is 5.79. The van der Waals surface area contributed by atoms with Crippen LogP contribution in [0, 0.1) is 0 Å². The average Bonchev–Trinajstić information content (AvgIpc) is 2.12. The van der Waals surface area contributed by atoms with Gasteiger partial charge in [-0.1, -0.05) is 30.0 Å². The normalized spacial score (nSPS) is 14.8. The molecule has 1 heterocycles. The molecular formula is C9H9N3. The van der Waals surface area contributed by atoms with Crippen LogP contribution in [0.4, 0.5) is 5.69 Å². The lowest BCUT2D eigenvalue weighted by molar-refractivity contribution is 0.474. The fraction of sp³-hybridized carbons (Fsp3) is 0.111. The van der Waals surface area contributed by atoms with Gasteiger partial charge in [-0.05, 0) is 6.07 Å². The van der Waals surface area contributed by atoms with Gasteiger partial charge in [0.25, 0.3) is 0 Å². The van der Waals surface area contributed by atoms with Crippen LogP contribution >= 0.6 is 0 Å². The molecule has 3 nitrogen and oxygen atoms in total. The third-order valence-corrected chi connectivity index (χ3v) is 1.89. The van der Waals surface area contributed by atoms with E-state index >= 15 is 0 Å². The molecule has 0 spiro atoms. The van der Waals surface area contributed by atoms with Crippen LogP contribution in [0.5, 0.6) is 0 Å². The van der Waals surface area contributed by atoms with E-state index in [-0.39, 0.29) is 0 Å². The van der Waals surface area contributed by atoms with Crippen LogP contribution in [-0.4, -0.2) is 12.1 Å². The van der Waals surface area contributed by atoms with Gasteiger partial charge in [-0.3, -0.25) is 0 Å². The Kier molecular flexibility index (Phi) is 1.43. The molecule has 2 rings (SSSR count). The Labute approximate surface area is 71.0 Å². The number of benzene rings is 1. The molecule has 1 aromatic rings. The number of hydrogen-bond acceptors (Lipinski definition) is 3. The second-order valence-corrected chi connectivity index (χ2v) is 2.68. The fourth-order valence-electron chi connectivity index (χ4n) is 1.15. The van der Waals surface area contributed by atoms with Crippen molar-refractivity contribution in [3.05, 3.63) is 36.4 Å². The van der Waals surface area contributed by atoms with E-state index in [9.17, 15) is 0 Å². The highest BCUT2D eigenvalue weighted by Gasteiger charge is 2.12. The quantitative estimate of drug-likeness (QED) is 0.571. The van der Waals surface area contributed by atoms with Gasteiger partial charge < -0.3 is 0 Å². The minimum absolute atomic E-state index is 0.889. The number of rotatable bonds is 0. The van der Waals surface area contributed by atoms with E-state index in [1.807, 2.05) is 31.3 Å². The second kappa shape index (κ2) is 2.44. The van der Waals surface area contributed by atoms with Crippen LogP contribution in [0.2, 0.25) is 0 Å². The van der Waals surface area contributed by atoms with Crippen LogP contribution in [0.3, 0.4) is 0 Å². The van der Waals surface area contributed by atoms with Crippen molar-refractivity contribution in [2.24, 2.45) is 10.3 Å². The first-order valence-electron chi connectivity index (χ1n) is 3.73. The molecule has 0 bridgehead atoms. The van der Waals surface area contributed by atoms with Crippen LogP contribution < -0.4 is 0 Å². The molecule has 1 aliphatic heterocycles. The SMILES string of the molecule is C=C1c2ccccc2N=NN1C. The van der Waals surface area contributed by atoms with Gasteiger partial charge in [-0.25, -0.2) is 5.01 Å². The summed E-state index contributed by atoms with van der Waals surface area (Å²) < 4.78 is 0. The molecule has 0 atom stereocenters. The van der Waals surface area contributed by atoms with Crippen LogP contribution in [0.1, 0.15) is 5.56 Å². The van der Waals surface area contributed by atoms with E-state index in [0.29, 0.717) is 0 Å². The Balaban J connectivity index is 2.59. The summed E-state index contributed by atoms with van der Waals surface area (Å²) in [6.07, 6.45) is 0. The van der Waals surface area contributed by atoms with E-state index < -0.39 is 0 Å². The van der Waals surface area contributed by atoms with Crippen molar-refractivity contribution >= 4 is 11.4 Å². The molecule has 0 saturated carbocycles. The Morgan fingerprint density at radius 2 is 2.08 bits per heavy atom. The molecule has 1 aromatic carbocycles. The van der Waals surface area contributed by atoms with Crippen LogP contribution in [0.15, 0.2) is 41.2 Å². The lowest BCUT2D eigenvalue weighted by Crippen LogP contribution is -2.10. The van der Waals surface area contributed by atoms with Crippen LogP contribution in [-0.2, 0) is 0 Å². The van der Waals surface area contributed by atoms with Crippen molar-refractivity contribution in [2.45, 2.75) is 0 Å². The van der Waals surface area contributed by atoms with Gasteiger partial charge in [0, 0.05) is 12.6 Å². The number of fused-ring (bicyclic) bond motifs is 1. The zero-order valence-electron chi connectivity index (χ0n) is 6.86.